The van der Waals surface area contributed by atoms with Crippen molar-refractivity contribution >= 4 is 0 Å². The van der Waals surface area contributed by atoms with Crippen LogP contribution in [0, 0.1) is 17.7 Å². The van der Waals surface area contributed by atoms with Gasteiger partial charge in [0.1, 0.15) is 5.82 Å². The van der Waals surface area contributed by atoms with Crippen molar-refractivity contribution in [3.8, 4) is 11.8 Å². The average Bonchev–Trinajstić information content (AvgIpc) is 2.36. The van der Waals surface area contributed by atoms with E-state index in [2.05, 4.69) is 18.8 Å². The number of ether oxygens (including phenoxy) is 1. The zero-order valence-corrected chi connectivity index (χ0v) is 11.8. The SMILES string of the molecule is CCC(C)(C)OCc1cc(F)cc(C#CCCO)c1. The molecule has 0 aliphatic rings. The molecule has 1 N–H and O–H groups in total. The Balaban J connectivity index is 2.77. The lowest BCUT2D eigenvalue weighted by Gasteiger charge is -2.23. The van der Waals surface area contributed by atoms with Crippen molar-refractivity contribution in [3.05, 3.63) is 35.1 Å². The summed E-state index contributed by atoms with van der Waals surface area (Å²) in [6.07, 6.45) is 1.29. The number of aliphatic hydroxyl groups excluding tert-OH is 1. The Labute approximate surface area is 114 Å². The van der Waals surface area contributed by atoms with Crippen LogP contribution >= 0.6 is 0 Å². The Bertz CT molecular complexity index is 469. The maximum atomic E-state index is 13.5. The lowest BCUT2D eigenvalue weighted by molar-refractivity contribution is -0.0317. The molecule has 0 amide bonds. The second-order valence-corrected chi connectivity index (χ2v) is 5.03. The minimum atomic E-state index is -0.316. The first-order chi connectivity index (χ1) is 8.96. The van der Waals surface area contributed by atoms with Gasteiger partial charge in [-0.2, -0.15) is 0 Å². The number of hydrogen-bond donors (Lipinski definition) is 1. The van der Waals surface area contributed by atoms with E-state index in [1.807, 2.05) is 19.9 Å². The van der Waals surface area contributed by atoms with Crippen LogP contribution in [0.5, 0.6) is 0 Å². The van der Waals surface area contributed by atoms with Gasteiger partial charge in [0, 0.05) is 12.0 Å². The van der Waals surface area contributed by atoms with E-state index in [-0.39, 0.29) is 18.0 Å². The van der Waals surface area contributed by atoms with Crippen LogP contribution in [0.25, 0.3) is 0 Å². The standard InChI is InChI=1S/C16H21FO2/c1-4-16(2,3)19-12-14-9-13(7-5-6-8-18)10-15(17)11-14/h9-11,18H,4,6,8,12H2,1-3H3. The van der Waals surface area contributed by atoms with Gasteiger partial charge in [-0.05, 0) is 44.0 Å². The molecule has 1 rings (SSSR count). The second kappa shape index (κ2) is 7.28. The van der Waals surface area contributed by atoms with Crippen molar-refractivity contribution in [1.82, 2.24) is 0 Å². The first kappa shape index (κ1) is 15.7. The maximum Gasteiger partial charge on any atom is 0.124 e. The molecule has 0 radical (unpaired) electrons. The predicted molar refractivity (Wildman–Crippen MR) is 74.1 cm³/mol. The van der Waals surface area contributed by atoms with E-state index >= 15 is 0 Å². The molecule has 0 spiro atoms. The van der Waals surface area contributed by atoms with Gasteiger partial charge >= 0.3 is 0 Å². The first-order valence-corrected chi connectivity index (χ1v) is 6.50. The molecule has 0 atom stereocenters. The van der Waals surface area contributed by atoms with E-state index < -0.39 is 0 Å². The lowest BCUT2D eigenvalue weighted by atomic mass is 10.1. The van der Waals surface area contributed by atoms with E-state index in [9.17, 15) is 4.39 Å². The van der Waals surface area contributed by atoms with Crippen molar-refractivity contribution in [2.75, 3.05) is 6.61 Å². The Morgan fingerprint density at radius 1 is 1.32 bits per heavy atom. The van der Waals surface area contributed by atoms with Gasteiger partial charge < -0.3 is 9.84 Å². The van der Waals surface area contributed by atoms with E-state index in [0.29, 0.717) is 18.6 Å². The van der Waals surface area contributed by atoms with Crippen molar-refractivity contribution in [3.63, 3.8) is 0 Å². The molecule has 19 heavy (non-hydrogen) atoms. The number of benzene rings is 1. The second-order valence-electron chi connectivity index (χ2n) is 5.03. The Kier molecular flexibility index (Phi) is 6.01. The minimum Gasteiger partial charge on any atom is -0.395 e. The van der Waals surface area contributed by atoms with Crippen LogP contribution in [0.3, 0.4) is 0 Å². The van der Waals surface area contributed by atoms with Crippen LogP contribution in [0.1, 0.15) is 44.7 Å². The summed E-state index contributed by atoms with van der Waals surface area (Å²) in [5.41, 5.74) is 1.17. The fourth-order valence-corrected chi connectivity index (χ4v) is 1.41. The Morgan fingerprint density at radius 3 is 2.68 bits per heavy atom. The highest BCUT2D eigenvalue weighted by atomic mass is 19.1. The summed E-state index contributed by atoms with van der Waals surface area (Å²) >= 11 is 0. The molecular formula is C16H21FO2. The van der Waals surface area contributed by atoms with Crippen molar-refractivity contribution in [1.29, 1.82) is 0 Å². The minimum absolute atomic E-state index is 0.0168. The van der Waals surface area contributed by atoms with Crippen LogP contribution < -0.4 is 0 Å². The summed E-state index contributed by atoms with van der Waals surface area (Å²) in [4.78, 5) is 0. The highest BCUT2D eigenvalue weighted by Crippen LogP contribution is 2.17. The molecule has 0 fully saturated rings. The van der Waals surface area contributed by atoms with E-state index in [4.69, 9.17) is 9.84 Å². The molecule has 0 heterocycles. The molecule has 1 aromatic rings. The molecule has 0 saturated carbocycles. The number of rotatable bonds is 5. The van der Waals surface area contributed by atoms with Crippen molar-refractivity contribution < 1.29 is 14.2 Å². The van der Waals surface area contributed by atoms with E-state index in [1.54, 1.807) is 0 Å². The molecule has 1 aromatic carbocycles. The maximum absolute atomic E-state index is 13.5. The van der Waals surface area contributed by atoms with Crippen LogP contribution in [0.15, 0.2) is 18.2 Å². The fourth-order valence-electron chi connectivity index (χ4n) is 1.41. The van der Waals surface area contributed by atoms with Gasteiger partial charge in [0.05, 0.1) is 18.8 Å². The van der Waals surface area contributed by atoms with Gasteiger partial charge in [-0.25, -0.2) is 4.39 Å². The van der Waals surface area contributed by atoms with Crippen molar-refractivity contribution in [2.45, 2.75) is 45.8 Å². The van der Waals surface area contributed by atoms with E-state index in [0.717, 1.165) is 12.0 Å². The summed E-state index contributed by atoms with van der Waals surface area (Å²) in [6.45, 7) is 6.45. The summed E-state index contributed by atoms with van der Waals surface area (Å²) in [5.74, 6) is 5.30. The number of halogens is 1. The normalized spacial score (nSPS) is 11.0. The molecule has 0 unspecified atom stereocenters. The van der Waals surface area contributed by atoms with Gasteiger partial charge in [0.25, 0.3) is 0 Å². The van der Waals surface area contributed by atoms with Gasteiger partial charge in [-0.1, -0.05) is 18.8 Å². The smallest absolute Gasteiger partial charge is 0.124 e. The van der Waals surface area contributed by atoms with Gasteiger partial charge in [-0.3, -0.25) is 0 Å². The highest BCUT2D eigenvalue weighted by molar-refractivity contribution is 5.37. The third-order valence-corrected chi connectivity index (χ3v) is 2.91. The fraction of sp³-hybridized carbons (Fsp3) is 0.500. The van der Waals surface area contributed by atoms with Crippen LogP contribution in [-0.4, -0.2) is 17.3 Å². The largest absolute Gasteiger partial charge is 0.395 e. The zero-order chi connectivity index (χ0) is 14.3. The van der Waals surface area contributed by atoms with Crippen LogP contribution in [0.2, 0.25) is 0 Å². The lowest BCUT2D eigenvalue weighted by Crippen LogP contribution is -2.22. The summed E-state index contributed by atoms with van der Waals surface area (Å²) < 4.78 is 19.2. The van der Waals surface area contributed by atoms with Gasteiger partial charge in [0.15, 0.2) is 0 Å². The molecule has 0 aliphatic heterocycles. The number of aliphatic hydroxyl groups is 1. The molecular weight excluding hydrogens is 243 g/mol. The van der Waals surface area contributed by atoms with Gasteiger partial charge in [-0.15, -0.1) is 0 Å². The quantitative estimate of drug-likeness (QED) is 0.827. The highest BCUT2D eigenvalue weighted by Gasteiger charge is 2.15. The molecule has 3 heteroatoms. The average molecular weight is 264 g/mol. The van der Waals surface area contributed by atoms with Crippen LogP contribution in [-0.2, 0) is 11.3 Å². The van der Waals surface area contributed by atoms with E-state index in [1.165, 1.54) is 12.1 Å². The number of hydrogen-bond acceptors (Lipinski definition) is 2. The first-order valence-electron chi connectivity index (χ1n) is 6.50. The molecule has 104 valence electrons. The molecule has 0 bridgehead atoms. The third-order valence-electron chi connectivity index (χ3n) is 2.91. The Morgan fingerprint density at radius 2 is 2.05 bits per heavy atom. The van der Waals surface area contributed by atoms with Crippen molar-refractivity contribution in [2.24, 2.45) is 0 Å². The molecule has 0 aliphatic carbocycles. The monoisotopic (exact) mass is 264 g/mol. The molecule has 2 nitrogen and oxygen atoms in total. The topological polar surface area (TPSA) is 29.5 Å². The summed E-state index contributed by atoms with van der Waals surface area (Å²) in [5, 5.41) is 8.66. The van der Waals surface area contributed by atoms with Crippen LogP contribution in [0.4, 0.5) is 4.39 Å². The molecule has 0 saturated heterocycles. The summed E-state index contributed by atoms with van der Waals surface area (Å²) in [7, 11) is 0. The molecule has 0 aromatic heterocycles. The van der Waals surface area contributed by atoms with Gasteiger partial charge in [0.2, 0.25) is 0 Å². The predicted octanol–water partition coefficient (Wildman–Crippen LogP) is 3.26. The summed E-state index contributed by atoms with van der Waals surface area (Å²) in [6, 6.07) is 4.67. The Hall–Kier alpha value is -1.37. The zero-order valence-electron chi connectivity index (χ0n) is 11.8. The third kappa shape index (κ3) is 5.87.